The normalized spacial score (nSPS) is 12.6. The van der Waals surface area contributed by atoms with Crippen LogP contribution in [0.25, 0.3) is 0 Å². The van der Waals surface area contributed by atoms with Crippen molar-refractivity contribution in [1.29, 1.82) is 0 Å². The first-order valence-corrected chi connectivity index (χ1v) is 4.71. The third kappa shape index (κ3) is 4.34. The molecule has 0 bridgehead atoms. The molecule has 0 heterocycles. The van der Waals surface area contributed by atoms with Gasteiger partial charge in [0.2, 0.25) is 5.91 Å². The predicted molar refractivity (Wildman–Crippen MR) is 51.1 cm³/mol. The third-order valence-corrected chi connectivity index (χ3v) is 1.89. The van der Waals surface area contributed by atoms with Gasteiger partial charge in [0.25, 0.3) is 0 Å². The summed E-state index contributed by atoms with van der Waals surface area (Å²) in [5.74, 6) is 0.0913. The minimum Gasteiger partial charge on any atom is -0.358 e. The number of hydrogen-bond acceptors (Lipinski definition) is 2. The smallest absolute Gasteiger partial charge is 0.236 e. The monoisotopic (exact) mass is 172 g/mol. The molecule has 2 N–H and O–H groups in total. The standard InChI is InChI=1S/C9H20N2O/c1-4-6-7-11-8(5-2)9(12)10-3/h8,11H,4-7H2,1-3H3,(H,10,12). The average Bonchev–Trinajstić information content (AvgIpc) is 2.11. The SMILES string of the molecule is CCCCNC(CC)C(=O)NC. The van der Waals surface area contributed by atoms with E-state index in [9.17, 15) is 4.79 Å². The molecule has 0 aliphatic carbocycles. The molecule has 0 aromatic carbocycles. The lowest BCUT2D eigenvalue weighted by atomic mass is 10.2. The highest BCUT2D eigenvalue weighted by atomic mass is 16.2. The van der Waals surface area contributed by atoms with Crippen LogP contribution in [0, 0.1) is 0 Å². The second-order valence-corrected chi connectivity index (χ2v) is 2.88. The molecule has 1 amide bonds. The molecule has 0 aromatic rings. The lowest BCUT2D eigenvalue weighted by Crippen LogP contribution is -2.42. The summed E-state index contributed by atoms with van der Waals surface area (Å²) in [5.41, 5.74) is 0. The van der Waals surface area contributed by atoms with Crippen molar-refractivity contribution in [3.8, 4) is 0 Å². The van der Waals surface area contributed by atoms with Gasteiger partial charge in [-0.15, -0.1) is 0 Å². The molecule has 72 valence electrons. The summed E-state index contributed by atoms with van der Waals surface area (Å²) < 4.78 is 0. The van der Waals surface area contributed by atoms with Crippen molar-refractivity contribution >= 4 is 5.91 Å². The van der Waals surface area contributed by atoms with E-state index in [0.29, 0.717) is 0 Å². The molecule has 3 nitrogen and oxygen atoms in total. The van der Waals surface area contributed by atoms with Crippen LogP contribution in [0.4, 0.5) is 0 Å². The average molecular weight is 172 g/mol. The highest BCUT2D eigenvalue weighted by molar-refractivity contribution is 5.81. The molecule has 0 aliphatic heterocycles. The molecular weight excluding hydrogens is 152 g/mol. The number of amides is 1. The number of carbonyl (C=O) groups excluding carboxylic acids is 1. The molecule has 12 heavy (non-hydrogen) atoms. The quantitative estimate of drug-likeness (QED) is 0.584. The van der Waals surface area contributed by atoms with E-state index in [2.05, 4.69) is 17.6 Å². The number of unbranched alkanes of at least 4 members (excludes halogenated alkanes) is 1. The van der Waals surface area contributed by atoms with Crippen LogP contribution < -0.4 is 10.6 Å². The molecular formula is C9H20N2O. The van der Waals surface area contributed by atoms with Crippen LogP contribution in [0.3, 0.4) is 0 Å². The Morgan fingerprint density at radius 2 is 2.08 bits per heavy atom. The Morgan fingerprint density at radius 1 is 1.42 bits per heavy atom. The minimum atomic E-state index is -0.0125. The Balaban J connectivity index is 3.60. The van der Waals surface area contributed by atoms with Gasteiger partial charge in [-0.05, 0) is 19.4 Å². The molecule has 0 aromatic heterocycles. The second-order valence-electron chi connectivity index (χ2n) is 2.88. The van der Waals surface area contributed by atoms with Crippen LogP contribution in [-0.4, -0.2) is 25.5 Å². The summed E-state index contributed by atoms with van der Waals surface area (Å²) >= 11 is 0. The van der Waals surface area contributed by atoms with Gasteiger partial charge in [0.1, 0.15) is 0 Å². The molecule has 0 saturated heterocycles. The van der Waals surface area contributed by atoms with Crippen LogP contribution in [-0.2, 0) is 4.79 Å². The Kier molecular flexibility index (Phi) is 6.76. The summed E-state index contributed by atoms with van der Waals surface area (Å²) in [7, 11) is 1.67. The molecule has 0 saturated carbocycles. The van der Waals surface area contributed by atoms with Gasteiger partial charge in [-0.25, -0.2) is 0 Å². The highest BCUT2D eigenvalue weighted by Gasteiger charge is 2.12. The number of carbonyl (C=O) groups is 1. The number of nitrogens with one attached hydrogen (secondary N) is 2. The fourth-order valence-corrected chi connectivity index (χ4v) is 1.05. The fraction of sp³-hybridized carbons (Fsp3) is 0.889. The Morgan fingerprint density at radius 3 is 2.50 bits per heavy atom. The molecule has 1 unspecified atom stereocenters. The van der Waals surface area contributed by atoms with E-state index in [0.717, 1.165) is 25.8 Å². The van der Waals surface area contributed by atoms with Gasteiger partial charge >= 0.3 is 0 Å². The number of rotatable bonds is 6. The molecule has 0 spiro atoms. The van der Waals surface area contributed by atoms with E-state index < -0.39 is 0 Å². The van der Waals surface area contributed by atoms with Gasteiger partial charge in [0, 0.05) is 7.05 Å². The summed E-state index contributed by atoms with van der Waals surface area (Å²) in [6.07, 6.45) is 3.15. The largest absolute Gasteiger partial charge is 0.358 e. The Labute approximate surface area is 74.9 Å². The van der Waals surface area contributed by atoms with Gasteiger partial charge in [-0.2, -0.15) is 0 Å². The van der Waals surface area contributed by atoms with Crippen LogP contribution in [0.1, 0.15) is 33.1 Å². The van der Waals surface area contributed by atoms with E-state index in [4.69, 9.17) is 0 Å². The molecule has 0 radical (unpaired) electrons. The van der Waals surface area contributed by atoms with Gasteiger partial charge in [0.05, 0.1) is 6.04 Å². The van der Waals surface area contributed by atoms with E-state index in [1.807, 2.05) is 6.92 Å². The van der Waals surface area contributed by atoms with Crippen LogP contribution in [0.15, 0.2) is 0 Å². The van der Waals surface area contributed by atoms with Crippen molar-refractivity contribution in [3.63, 3.8) is 0 Å². The zero-order valence-corrected chi connectivity index (χ0v) is 8.31. The lowest BCUT2D eigenvalue weighted by molar-refractivity contribution is -0.122. The van der Waals surface area contributed by atoms with Crippen molar-refractivity contribution in [2.45, 2.75) is 39.2 Å². The summed E-state index contributed by atoms with van der Waals surface area (Å²) in [5, 5.41) is 5.85. The minimum absolute atomic E-state index is 0.0125. The zero-order valence-electron chi connectivity index (χ0n) is 8.31. The first-order chi connectivity index (χ1) is 5.76. The number of hydrogen-bond donors (Lipinski definition) is 2. The Bertz CT molecular complexity index is 126. The molecule has 0 rings (SSSR count). The summed E-state index contributed by atoms with van der Waals surface area (Å²) in [4.78, 5) is 11.2. The molecule has 0 aliphatic rings. The van der Waals surface area contributed by atoms with Crippen molar-refractivity contribution < 1.29 is 4.79 Å². The summed E-state index contributed by atoms with van der Waals surface area (Å²) in [6.45, 7) is 5.09. The molecule has 1 atom stereocenters. The van der Waals surface area contributed by atoms with E-state index in [1.54, 1.807) is 7.05 Å². The molecule has 0 fully saturated rings. The van der Waals surface area contributed by atoms with Gasteiger partial charge in [-0.3, -0.25) is 4.79 Å². The Hall–Kier alpha value is -0.570. The van der Waals surface area contributed by atoms with Crippen molar-refractivity contribution in [2.75, 3.05) is 13.6 Å². The van der Waals surface area contributed by atoms with Gasteiger partial charge in [-0.1, -0.05) is 20.3 Å². The van der Waals surface area contributed by atoms with Crippen LogP contribution >= 0.6 is 0 Å². The molecule has 3 heteroatoms. The van der Waals surface area contributed by atoms with E-state index >= 15 is 0 Å². The summed E-state index contributed by atoms with van der Waals surface area (Å²) in [6, 6.07) is -0.0125. The third-order valence-electron chi connectivity index (χ3n) is 1.89. The number of likely N-dealkylation sites (N-methyl/N-ethyl adjacent to an activating group) is 1. The fourth-order valence-electron chi connectivity index (χ4n) is 1.05. The van der Waals surface area contributed by atoms with Crippen molar-refractivity contribution in [3.05, 3.63) is 0 Å². The highest BCUT2D eigenvalue weighted by Crippen LogP contribution is 1.92. The maximum atomic E-state index is 11.2. The van der Waals surface area contributed by atoms with Crippen LogP contribution in [0.5, 0.6) is 0 Å². The predicted octanol–water partition coefficient (Wildman–Crippen LogP) is 0.901. The van der Waals surface area contributed by atoms with Crippen molar-refractivity contribution in [1.82, 2.24) is 10.6 Å². The van der Waals surface area contributed by atoms with Crippen LogP contribution in [0.2, 0.25) is 0 Å². The second kappa shape index (κ2) is 7.10. The first-order valence-electron chi connectivity index (χ1n) is 4.71. The van der Waals surface area contributed by atoms with Gasteiger partial charge < -0.3 is 10.6 Å². The first kappa shape index (κ1) is 11.4. The van der Waals surface area contributed by atoms with E-state index in [-0.39, 0.29) is 11.9 Å². The maximum Gasteiger partial charge on any atom is 0.236 e. The van der Waals surface area contributed by atoms with Gasteiger partial charge in [0.15, 0.2) is 0 Å². The zero-order chi connectivity index (χ0) is 9.40. The topological polar surface area (TPSA) is 41.1 Å². The van der Waals surface area contributed by atoms with E-state index in [1.165, 1.54) is 0 Å². The maximum absolute atomic E-state index is 11.2. The van der Waals surface area contributed by atoms with Crippen molar-refractivity contribution in [2.24, 2.45) is 0 Å². The lowest BCUT2D eigenvalue weighted by Gasteiger charge is -2.14.